The van der Waals surface area contributed by atoms with E-state index in [0.717, 1.165) is 22.7 Å². The van der Waals surface area contributed by atoms with Crippen LogP contribution in [0.3, 0.4) is 0 Å². The van der Waals surface area contributed by atoms with Crippen molar-refractivity contribution in [2.75, 3.05) is 0 Å². The number of amides is 1. The third-order valence-corrected chi connectivity index (χ3v) is 6.14. The van der Waals surface area contributed by atoms with Crippen LogP contribution in [-0.4, -0.2) is 16.6 Å². The summed E-state index contributed by atoms with van der Waals surface area (Å²) in [7, 11) is 0. The van der Waals surface area contributed by atoms with Crippen LogP contribution in [0.4, 0.5) is 0 Å². The highest BCUT2D eigenvalue weighted by Crippen LogP contribution is 2.52. The molecule has 2 aromatic rings. The SMILES string of the molecule is O=C(NN=C1C2CC3CC(C2)CC1C3)c1cccc2cccnc12. The van der Waals surface area contributed by atoms with Crippen LogP contribution >= 0.6 is 0 Å². The first-order valence-corrected chi connectivity index (χ1v) is 8.99. The van der Waals surface area contributed by atoms with Crippen LogP contribution in [0, 0.1) is 23.7 Å². The van der Waals surface area contributed by atoms with E-state index in [1.165, 1.54) is 37.8 Å². The van der Waals surface area contributed by atoms with Crippen LogP contribution in [0.15, 0.2) is 41.6 Å². The van der Waals surface area contributed by atoms with Gasteiger partial charge >= 0.3 is 0 Å². The Bertz CT molecular complexity index is 806. The molecule has 4 heteroatoms. The number of rotatable bonds is 2. The predicted molar refractivity (Wildman–Crippen MR) is 93.7 cm³/mol. The van der Waals surface area contributed by atoms with Gasteiger partial charge in [0.15, 0.2) is 0 Å². The highest BCUT2D eigenvalue weighted by atomic mass is 16.2. The zero-order valence-corrected chi connectivity index (χ0v) is 13.6. The minimum Gasteiger partial charge on any atom is -0.267 e. The first kappa shape index (κ1) is 14.1. The maximum Gasteiger partial charge on any atom is 0.273 e. The molecular weight excluding hydrogens is 298 g/mol. The van der Waals surface area contributed by atoms with Gasteiger partial charge in [-0.2, -0.15) is 5.10 Å². The van der Waals surface area contributed by atoms with Gasteiger partial charge in [-0.05, 0) is 67.9 Å². The summed E-state index contributed by atoms with van der Waals surface area (Å²) in [4.78, 5) is 17.0. The zero-order valence-electron chi connectivity index (χ0n) is 13.6. The Morgan fingerprint density at radius 3 is 2.46 bits per heavy atom. The number of hydrogen-bond donors (Lipinski definition) is 1. The van der Waals surface area contributed by atoms with Crippen LogP contribution in [0.25, 0.3) is 10.9 Å². The maximum absolute atomic E-state index is 12.6. The average molecular weight is 319 g/mol. The van der Waals surface area contributed by atoms with E-state index < -0.39 is 0 Å². The normalized spacial score (nSPS) is 30.6. The highest BCUT2D eigenvalue weighted by molar-refractivity contribution is 6.05. The van der Waals surface area contributed by atoms with Crippen LogP contribution in [0.2, 0.25) is 0 Å². The molecule has 0 saturated heterocycles. The molecule has 1 heterocycles. The lowest BCUT2D eigenvalue weighted by atomic mass is 9.55. The highest BCUT2D eigenvalue weighted by Gasteiger charge is 2.46. The lowest BCUT2D eigenvalue weighted by Gasteiger charge is -2.50. The Balaban J connectivity index is 1.41. The van der Waals surface area contributed by atoms with Crippen molar-refractivity contribution in [3.8, 4) is 0 Å². The Kier molecular flexibility index (Phi) is 3.18. The van der Waals surface area contributed by atoms with E-state index in [-0.39, 0.29) is 5.91 Å². The second-order valence-electron chi connectivity index (χ2n) is 7.66. The Labute approximate surface area is 141 Å². The molecule has 4 aliphatic rings. The van der Waals surface area contributed by atoms with Crippen LogP contribution in [-0.2, 0) is 0 Å². The second kappa shape index (κ2) is 5.40. The number of nitrogens with zero attached hydrogens (tertiary/aromatic N) is 2. The molecule has 0 spiro atoms. The number of nitrogens with one attached hydrogen (secondary N) is 1. The third-order valence-electron chi connectivity index (χ3n) is 6.14. The number of carbonyl (C=O) groups excluding carboxylic acids is 1. The van der Waals surface area contributed by atoms with Crippen LogP contribution < -0.4 is 5.43 Å². The fourth-order valence-corrected chi connectivity index (χ4v) is 5.31. The van der Waals surface area contributed by atoms with Crippen molar-refractivity contribution in [1.29, 1.82) is 0 Å². The monoisotopic (exact) mass is 319 g/mol. The number of pyridine rings is 1. The zero-order chi connectivity index (χ0) is 16.1. The molecule has 6 rings (SSSR count). The van der Waals surface area contributed by atoms with Crippen molar-refractivity contribution in [2.45, 2.75) is 32.1 Å². The summed E-state index contributed by atoms with van der Waals surface area (Å²) in [6.45, 7) is 0. The fourth-order valence-electron chi connectivity index (χ4n) is 5.31. The molecule has 4 fully saturated rings. The molecule has 1 aromatic carbocycles. The van der Waals surface area contributed by atoms with Crippen molar-refractivity contribution in [1.82, 2.24) is 10.4 Å². The summed E-state index contributed by atoms with van der Waals surface area (Å²) in [5.74, 6) is 2.87. The van der Waals surface area contributed by atoms with E-state index in [1.807, 2.05) is 30.3 Å². The molecule has 0 atom stereocenters. The quantitative estimate of drug-likeness (QED) is 0.857. The molecule has 0 radical (unpaired) electrons. The average Bonchev–Trinajstić information content (AvgIpc) is 2.60. The van der Waals surface area contributed by atoms with Crippen molar-refractivity contribution in [3.05, 3.63) is 42.1 Å². The second-order valence-corrected chi connectivity index (χ2v) is 7.66. The van der Waals surface area contributed by atoms with Gasteiger partial charge in [-0.3, -0.25) is 9.78 Å². The van der Waals surface area contributed by atoms with Gasteiger partial charge in [0, 0.05) is 17.3 Å². The van der Waals surface area contributed by atoms with Crippen molar-refractivity contribution < 1.29 is 4.79 Å². The molecular formula is C20H21N3O. The molecule has 0 unspecified atom stereocenters. The summed E-state index contributed by atoms with van der Waals surface area (Å²) in [5, 5.41) is 5.57. The molecule has 24 heavy (non-hydrogen) atoms. The van der Waals surface area contributed by atoms with E-state index in [4.69, 9.17) is 0 Å². The number of aromatic nitrogens is 1. The Morgan fingerprint density at radius 1 is 1.00 bits per heavy atom. The van der Waals surface area contributed by atoms with Gasteiger partial charge in [-0.1, -0.05) is 18.2 Å². The van der Waals surface area contributed by atoms with Gasteiger partial charge in [0.05, 0.1) is 11.1 Å². The molecule has 0 aliphatic heterocycles. The van der Waals surface area contributed by atoms with Gasteiger partial charge in [0.1, 0.15) is 0 Å². The van der Waals surface area contributed by atoms with E-state index in [2.05, 4.69) is 15.5 Å². The number of hydrazone groups is 1. The molecule has 4 saturated carbocycles. The van der Waals surface area contributed by atoms with Crippen molar-refractivity contribution >= 4 is 22.5 Å². The third kappa shape index (κ3) is 2.24. The van der Waals surface area contributed by atoms with E-state index in [1.54, 1.807) is 6.20 Å². The van der Waals surface area contributed by atoms with Gasteiger partial charge in [-0.15, -0.1) is 0 Å². The summed E-state index contributed by atoms with van der Waals surface area (Å²) >= 11 is 0. The van der Waals surface area contributed by atoms with Gasteiger partial charge < -0.3 is 0 Å². The number of benzene rings is 1. The molecule has 1 N–H and O–H groups in total. The molecule has 4 aliphatic carbocycles. The summed E-state index contributed by atoms with van der Waals surface area (Å²) < 4.78 is 0. The minimum absolute atomic E-state index is 0.152. The van der Waals surface area contributed by atoms with Crippen LogP contribution in [0.5, 0.6) is 0 Å². The van der Waals surface area contributed by atoms with Crippen molar-refractivity contribution in [2.24, 2.45) is 28.8 Å². The largest absolute Gasteiger partial charge is 0.273 e. The molecule has 4 nitrogen and oxygen atoms in total. The fraction of sp³-hybridized carbons (Fsp3) is 0.450. The number of carbonyl (C=O) groups is 1. The van der Waals surface area contributed by atoms with Gasteiger partial charge in [-0.25, -0.2) is 5.43 Å². The summed E-state index contributed by atoms with van der Waals surface area (Å²) in [6, 6.07) is 9.56. The van der Waals surface area contributed by atoms with E-state index in [0.29, 0.717) is 17.4 Å². The standard InChI is InChI=1S/C20H21N3O/c24-20(17-5-1-3-14-4-2-6-21-19(14)17)23-22-18-15-8-12-7-13(10-15)11-16(18)9-12/h1-6,12-13,15-16H,7-11H2,(H,23,24). The Hall–Kier alpha value is -2.23. The minimum atomic E-state index is -0.152. The topological polar surface area (TPSA) is 54.4 Å². The lowest BCUT2D eigenvalue weighted by molar-refractivity contribution is 0.0944. The van der Waals surface area contributed by atoms with Gasteiger partial charge in [0.25, 0.3) is 5.91 Å². The first-order valence-electron chi connectivity index (χ1n) is 8.99. The van der Waals surface area contributed by atoms with E-state index >= 15 is 0 Å². The number of fused-ring (bicyclic) bond motifs is 1. The predicted octanol–water partition coefficient (Wildman–Crippen LogP) is 3.78. The molecule has 122 valence electrons. The number of para-hydroxylation sites is 1. The summed E-state index contributed by atoms with van der Waals surface area (Å²) in [6.07, 6.45) is 8.25. The van der Waals surface area contributed by atoms with Crippen LogP contribution in [0.1, 0.15) is 42.5 Å². The van der Waals surface area contributed by atoms with E-state index in [9.17, 15) is 4.79 Å². The summed E-state index contributed by atoms with van der Waals surface area (Å²) in [5.41, 5.74) is 5.42. The molecule has 1 amide bonds. The lowest BCUT2D eigenvalue weighted by Crippen LogP contribution is -2.46. The maximum atomic E-state index is 12.6. The van der Waals surface area contributed by atoms with Crippen molar-refractivity contribution in [3.63, 3.8) is 0 Å². The smallest absolute Gasteiger partial charge is 0.267 e. The number of hydrogen-bond acceptors (Lipinski definition) is 3. The van der Waals surface area contributed by atoms with Gasteiger partial charge in [0.2, 0.25) is 0 Å². The molecule has 4 bridgehead atoms. The Morgan fingerprint density at radius 2 is 1.71 bits per heavy atom. The first-order chi connectivity index (χ1) is 11.8. The molecule has 1 aromatic heterocycles.